The summed E-state index contributed by atoms with van der Waals surface area (Å²) in [6.07, 6.45) is 1.90. The highest BCUT2D eigenvalue weighted by Gasteiger charge is 2.38. The van der Waals surface area contributed by atoms with Gasteiger partial charge in [0.2, 0.25) is 5.91 Å². The third-order valence-corrected chi connectivity index (χ3v) is 6.00. The number of carbonyl (C=O) groups excluding carboxylic acids is 2. The number of amides is 2. The van der Waals surface area contributed by atoms with E-state index in [0.29, 0.717) is 6.42 Å². The van der Waals surface area contributed by atoms with Gasteiger partial charge < -0.3 is 10.4 Å². The lowest BCUT2D eigenvalue weighted by Gasteiger charge is -2.25. The van der Waals surface area contributed by atoms with Crippen LogP contribution < -0.4 is 5.32 Å². The molecule has 0 radical (unpaired) electrons. The number of carbonyl (C=O) groups is 2. The van der Waals surface area contributed by atoms with Gasteiger partial charge in [-0.05, 0) is 31.1 Å². The number of rotatable bonds is 7. The Balaban J connectivity index is 1.70. The summed E-state index contributed by atoms with van der Waals surface area (Å²) >= 11 is 6.32. The van der Waals surface area contributed by atoms with Crippen molar-refractivity contribution in [1.29, 1.82) is 0 Å². The third-order valence-electron chi connectivity index (χ3n) is 4.67. The van der Waals surface area contributed by atoms with Gasteiger partial charge in [0.05, 0.1) is 17.6 Å². The zero-order valence-corrected chi connectivity index (χ0v) is 17.9. The summed E-state index contributed by atoms with van der Waals surface area (Å²) in [6.45, 7) is 1.34. The van der Waals surface area contributed by atoms with Crippen LogP contribution in [-0.4, -0.2) is 44.8 Å². The first-order chi connectivity index (χ1) is 14.4. The highest BCUT2D eigenvalue weighted by Crippen LogP contribution is 2.34. The largest absolute Gasteiger partial charge is 0.394 e. The third kappa shape index (κ3) is 5.13. The van der Waals surface area contributed by atoms with E-state index in [1.807, 2.05) is 30.3 Å². The number of nitrogens with zero attached hydrogens (tertiary/aromatic N) is 1. The Labute approximate surface area is 184 Å². The number of halogens is 1. The number of benzene rings is 2. The van der Waals surface area contributed by atoms with Crippen LogP contribution in [0.2, 0.25) is 0 Å². The van der Waals surface area contributed by atoms with Crippen molar-refractivity contribution in [3.63, 3.8) is 0 Å². The van der Waals surface area contributed by atoms with Crippen LogP contribution in [0.15, 0.2) is 59.5 Å². The van der Waals surface area contributed by atoms with Gasteiger partial charge >= 0.3 is 0 Å². The van der Waals surface area contributed by atoms with Gasteiger partial charge in [-0.3, -0.25) is 14.5 Å². The molecule has 156 valence electrons. The SMILES string of the molecule is C[C@H](C(=O)N[C@H](CO)Cc1ccccc1)N1C(=O)/C(=C/c2ccccc2F)SC1=S. The van der Waals surface area contributed by atoms with Crippen molar-refractivity contribution in [1.82, 2.24) is 10.2 Å². The van der Waals surface area contributed by atoms with Crippen molar-refractivity contribution in [3.8, 4) is 0 Å². The summed E-state index contributed by atoms with van der Waals surface area (Å²) in [5.74, 6) is -1.31. The topological polar surface area (TPSA) is 69.6 Å². The van der Waals surface area contributed by atoms with Gasteiger partial charge in [0.25, 0.3) is 5.91 Å². The molecule has 5 nitrogen and oxygen atoms in total. The van der Waals surface area contributed by atoms with E-state index < -0.39 is 29.7 Å². The number of hydrogen-bond acceptors (Lipinski definition) is 5. The molecule has 0 unspecified atom stereocenters. The van der Waals surface area contributed by atoms with Crippen LogP contribution in [0.3, 0.4) is 0 Å². The van der Waals surface area contributed by atoms with Crippen molar-refractivity contribution in [2.45, 2.75) is 25.4 Å². The Bertz CT molecular complexity index is 981. The highest BCUT2D eigenvalue weighted by atomic mass is 32.2. The average Bonchev–Trinajstić information content (AvgIpc) is 3.02. The van der Waals surface area contributed by atoms with Crippen molar-refractivity contribution in [2.24, 2.45) is 0 Å². The molecule has 0 aliphatic carbocycles. The minimum Gasteiger partial charge on any atom is -0.394 e. The van der Waals surface area contributed by atoms with Crippen LogP contribution in [0.5, 0.6) is 0 Å². The van der Waals surface area contributed by atoms with Gasteiger partial charge in [-0.15, -0.1) is 0 Å². The van der Waals surface area contributed by atoms with Gasteiger partial charge in [0, 0.05) is 5.56 Å². The van der Waals surface area contributed by atoms with Crippen molar-refractivity contribution in [3.05, 3.63) is 76.4 Å². The van der Waals surface area contributed by atoms with E-state index in [0.717, 1.165) is 17.3 Å². The van der Waals surface area contributed by atoms with Crippen molar-refractivity contribution in [2.75, 3.05) is 6.61 Å². The second-order valence-corrected chi connectivity index (χ2v) is 8.50. The van der Waals surface area contributed by atoms with Gasteiger partial charge in [0.15, 0.2) is 0 Å². The number of hydrogen-bond donors (Lipinski definition) is 2. The Hall–Kier alpha value is -2.55. The Morgan fingerprint density at radius 2 is 1.90 bits per heavy atom. The second-order valence-electron chi connectivity index (χ2n) is 6.83. The summed E-state index contributed by atoms with van der Waals surface area (Å²) in [5.41, 5.74) is 1.25. The van der Waals surface area contributed by atoms with Crippen LogP contribution in [0.4, 0.5) is 4.39 Å². The summed E-state index contributed by atoms with van der Waals surface area (Å²) in [6, 6.07) is 14.2. The van der Waals surface area contributed by atoms with Crippen LogP contribution in [-0.2, 0) is 16.0 Å². The maximum absolute atomic E-state index is 13.9. The smallest absolute Gasteiger partial charge is 0.266 e. The summed E-state index contributed by atoms with van der Waals surface area (Å²) < 4.78 is 14.1. The van der Waals surface area contributed by atoms with Crippen LogP contribution in [0.25, 0.3) is 6.08 Å². The molecule has 1 fully saturated rings. The zero-order valence-electron chi connectivity index (χ0n) is 16.2. The number of thiocarbonyl (C=S) groups is 1. The first-order valence-corrected chi connectivity index (χ1v) is 10.6. The standard InChI is InChI=1S/C22H21FN2O3S2/c1-14(20(27)24-17(13-26)11-15-7-3-2-4-8-15)25-21(28)19(30-22(25)29)12-16-9-5-6-10-18(16)23/h2-10,12,14,17,26H,11,13H2,1H3,(H,24,27)/b19-12-/t14-,17+/m1/s1. The lowest BCUT2D eigenvalue weighted by Crippen LogP contribution is -2.51. The normalized spacial score (nSPS) is 17.3. The molecule has 3 rings (SSSR count). The van der Waals surface area contributed by atoms with E-state index in [9.17, 15) is 19.1 Å². The minimum atomic E-state index is -0.867. The van der Waals surface area contributed by atoms with Crippen LogP contribution in [0, 0.1) is 5.82 Å². The predicted octanol–water partition coefficient (Wildman–Crippen LogP) is 3.14. The number of aliphatic hydroxyl groups excluding tert-OH is 1. The van der Waals surface area contributed by atoms with Crippen molar-refractivity contribution >= 4 is 46.2 Å². The van der Waals surface area contributed by atoms with E-state index in [4.69, 9.17) is 12.2 Å². The lowest BCUT2D eigenvalue weighted by atomic mass is 10.1. The molecule has 0 bridgehead atoms. The molecular weight excluding hydrogens is 423 g/mol. The molecule has 0 saturated carbocycles. The quantitative estimate of drug-likeness (QED) is 0.507. The monoisotopic (exact) mass is 444 g/mol. The van der Waals surface area contributed by atoms with E-state index in [2.05, 4.69) is 5.32 Å². The maximum atomic E-state index is 13.9. The fraction of sp³-hybridized carbons (Fsp3) is 0.227. The first kappa shape index (κ1) is 22.1. The Kier molecular flexibility index (Phi) is 7.36. The van der Waals surface area contributed by atoms with Gasteiger partial charge in [-0.25, -0.2) is 4.39 Å². The molecule has 0 spiro atoms. The van der Waals surface area contributed by atoms with E-state index in [1.54, 1.807) is 25.1 Å². The Morgan fingerprint density at radius 1 is 1.23 bits per heavy atom. The minimum absolute atomic E-state index is 0.230. The molecule has 8 heteroatoms. The van der Waals surface area contributed by atoms with Crippen LogP contribution >= 0.6 is 24.0 Å². The predicted molar refractivity (Wildman–Crippen MR) is 120 cm³/mol. The molecular formula is C22H21FN2O3S2. The van der Waals surface area contributed by atoms with E-state index in [-0.39, 0.29) is 21.4 Å². The molecule has 1 aliphatic heterocycles. The zero-order chi connectivity index (χ0) is 21.7. The van der Waals surface area contributed by atoms with Gasteiger partial charge in [0.1, 0.15) is 16.2 Å². The number of nitrogens with one attached hydrogen (secondary N) is 1. The molecule has 0 aromatic heterocycles. The number of aliphatic hydroxyl groups is 1. The molecule has 2 aromatic rings. The molecule has 2 atom stereocenters. The molecule has 1 heterocycles. The molecule has 2 amide bonds. The van der Waals surface area contributed by atoms with Gasteiger partial charge in [-0.2, -0.15) is 0 Å². The van der Waals surface area contributed by atoms with E-state index in [1.165, 1.54) is 17.0 Å². The second kappa shape index (κ2) is 9.97. The highest BCUT2D eigenvalue weighted by molar-refractivity contribution is 8.26. The van der Waals surface area contributed by atoms with E-state index >= 15 is 0 Å². The van der Waals surface area contributed by atoms with Crippen molar-refractivity contribution < 1.29 is 19.1 Å². The molecule has 1 saturated heterocycles. The average molecular weight is 445 g/mol. The van der Waals surface area contributed by atoms with Crippen LogP contribution in [0.1, 0.15) is 18.1 Å². The lowest BCUT2D eigenvalue weighted by molar-refractivity contribution is -0.132. The summed E-state index contributed by atoms with van der Waals surface area (Å²) in [7, 11) is 0. The summed E-state index contributed by atoms with van der Waals surface area (Å²) in [4.78, 5) is 27.0. The first-order valence-electron chi connectivity index (χ1n) is 9.37. The molecule has 2 aromatic carbocycles. The maximum Gasteiger partial charge on any atom is 0.266 e. The fourth-order valence-electron chi connectivity index (χ4n) is 3.05. The molecule has 1 aliphatic rings. The molecule has 2 N–H and O–H groups in total. The summed E-state index contributed by atoms with van der Waals surface area (Å²) in [5, 5.41) is 12.4. The van der Waals surface area contributed by atoms with Gasteiger partial charge in [-0.1, -0.05) is 72.5 Å². The fourth-order valence-corrected chi connectivity index (χ4v) is 4.46. The number of thioether (sulfide) groups is 1. The Morgan fingerprint density at radius 3 is 2.57 bits per heavy atom. The molecule has 30 heavy (non-hydrogen) atoms.